The average molecular weight is 498 g/mol. The fourth-order valence-electron chi connectivity index (χ4n) is 4.92. The fourth-order valence-corrected chi connectivity index (χ4v) is 4.92. The molecular formula is C26H35N5O5. The van der Waals surface area contributed by atoms with Gasteiger partial charge in [0, 0.05) is 24.7 Å². The number of nitrogens with zero attached hydrogens (tertiary/aromatic N) is 3. The van der Waals surface area contributed by atoms with E-state index in [0.29, 0.717) is 29.4 Å². The quantitative estimate of drug-likeness (QED) is 0.550. The van der Waals surface area contributed by atoms with Crippen LogP contribution in [0.4, 0.5) is 5.69 Å². The Morgan fingerprint density at radius 3 is 2.58 bits per heavy atom. The number of aromatic nitrogens is 2. The number of ether oxygens (including phenoxy) is 2. The molecule has 0 radical (unpaired) electrons. The van der Waals surface area contributed by atoms with Gasteiger partial charge >= 0.3 is 0 Å². The molecule has 3 amide bonds. The lowest BCUT2D eigenvalue weighted by atomic mass is 9.94. The van der Waals surface area contributed by atoms with Crippen LogP contribution in [0, 0.1) is 0 Å². The van der Waals surface area contributed by atoms with Crippen LogP contribution in [0.3, 0.4) is 0 Å². The van der Waals surface area contributed by atoms with E-state index >= 15 is 0 Å². The summed E-state index contributed by atoms with van der Waals surface area (Å²) in [7, 11) is 3.05. The van der Waals surface area contributed by atoms with Crippen LogP contribution in [0.1, 0.15) is 73.3 Å². The largest absolute Gasteiger partial charge is 0.497 e. The summed E-state index contributed by atoms with van der Waals surface area (Å²) in [5.74, 6) is 0.0756. The summed E-state index contributed by atoms with van der Waals surface area (Å²) < 4.78 is 12.0. The number of hydrogen-bond acceptors (Lipinski definition) is 6. The molecule has 0 unspecified atom stereocenters. The molecule has 0 spiro atoms. The van der Waals surface area contributed by atoms with Crippen LogP contribution >= 0.6 is 0 Å². The number of nitrogens with one attached hydrogen (secondary N) is 2. The first-order valence-electron chi connectivity index (χ1n) is 12.5. The van der Waals surface area contributed by atoms with Gasteiger partial charge in [0.15, 0.2) is 5.69 Å². The van der Waals surface area contributed by atoms with Crippen molar-refractivity contribution in [1.82, 2.24) is 20.0 Å². The van der Waals surface area contributed by atoms with Crippen LogP contribution in [0.15, 0.2) is 24.3 Å². The number of anilines is 1. The monoisotopic (exact) mass is 497 g/mol. The Hall–Kier alpha value is -3.56. The maximum Gasteiger partial charge on any atom is 0.276 e. The molecule has 1 aliphatic carbocycles. The fraction of sp³-hybridized carbons (Fsp3) is 0.538. The van der Waals surface area contributed by atoms with Gasteiger partial charge in [-0.1, -0.05) is 26.2 Å². The lowest BCUT2D eigenvalue weighted by Crippen LogP contribution is -2.65. The van der Waals surface area contributed by atoms with Gasteiger partial charge in [-0.05, 0) is 38.3 Å². The molecule has 10 nitrogen and oxygen atoms in total. The molecule has 36 heavy (non-hydrogen) atoms. The van der Waals surface area contributed by atoms with Gasteiger partial charge in [0.2, 0.25) is 5.91 Å². The van der Waals surface area contributed by atoms with Crippen LogP contribution in [-0.2, 0) is 11.3 Å². The first-order valence-corrected chi connectivity index (χ1v) is 12.5. The predicted molar refractivity (Wildman–Crippen MR) is 134 cm³/mol. The number of methoxy groups -OCH3 is 2. The molecule has 1 aromatic heterocycles. The molecule has 1 fully saturated rings. The van der Waals surface area contributed by atoms with Crippen LogP contribution in [0.25, 0.3) is 0 Å². The van der Waals surface area contributed by atoms with Gasteiger partial charge in [0.25, 0.3) is 11.8 Å². The Labute approximate surface area is 211 Å². The van der Waals surface area contributed by atoms with Crippen molar-refractivity contribution in [3.05, 3.63) is 35.7 Å². The van der Waals surface area contributed by atoms with E-state index in [4.69, 9.17) is 9.47 Å². The smallest absolute Gasteiger partial charge is 0.276 e. The number of rotatable bonds is 9. The zero-order chi connectivity index (χ0) is 25.9. The maximum atomic E-state index is 13.6. The summed E-state index contributed by atoms with van der Waals surface area (Å²) in [4.78, 5) is 41.7. The van der Waals surface area contributed by atoms with Crippen molar-refractivity contribution >= 4 is 23.4 Å². The van der Waals surface area contributed by atoms with Gasteiger partial charge in [0.05, 0.1) is 26.5 Å². The zero-order valence-electron chi connectivity index (χ0n) is 21.4. The topological polar surface area (TPSA) is 115 Å². The molecule has 1 saturated carbocycles. The Morgan fingerprint density at radius 2 is 1.92 bits per heavy atom. The van der Waals surface area contributed by atoms with Crippen molar-refractivity contribution < 1.29 is 23.9 Å². The van der Waals surface area contributed by atoms with E-state index in [1.54, 1.807) is 37.1 Å². The van der Waals surface area contributed by atoms with Crippen molar-refractivity contribution in [1.29, 1.82) is 0 Å². The highest BCUT2D eigenvalue weighted by molar-refractivity contribution is 6.06. The van der Waals surface area contributed by atoms with E-state index < -0.39 is 11.4 Å². The van der Waals surface area contributed by atoms with Crippen LogP contribution in [0.5, 0.6) is 11.5 Å². The summed E-state index contributed by atoms with van der Waals surface area (Å²) >= 11 is 0. The zero-order valence-corrected chi connectivity index (χ0v) is 21.4. The van der Waals surface area contributed by atoms with E-state index in [1.807, 2.05) is 6.92 Å². The molecule has 10 heteroatoms. The molecule has 1 atom stereocenters. The SMILES string of the molecule is CCCCN1C(=O)c2cc(C(=O)Nc3ccc(OC)cc3OC)nn2C[C@]1(C)C(=O)NC1CCCC1. The van der Waals surface area contributed by atoms with Crippen LogP contribution in [0.2, 0.25) is 0 Å². The first kappa shape index (κ1) is 25.5. The van der Waals surface area contributed by atoms with Crippen molar-refractivity contribution in [3.63, 3.8) is 0 Å². The van der Waals surface area contributed by atoms with Crippen molar-refractivity contribution in [2.45, 2.75) is 70.5 Å². The standard InChI is InChI=1S/C26H35N5O5/c1-5-6-13-30-24(33)21-15-20(23(32)28-19-12-11-18(35-3)14-22(19)36-4)29-31(21)16-26(30,2)25(34)27-17-9-7-8-10-17/h11-12,14-15,17H,5-10,13,16H2,1-4H3,(H,27,34)(H,28,32)/t26-/m1/s1. The number of unbranched alkanes of at least 4 members (excludes halogenated alkanes) is 1. The predicted octanol–water partition coefficient (Wildman–Crippen LogP) is 3.23. The Balaban J connectivity index is 1.60. The van der Waals surface area contributed by atoms with Crippen molar-refractivity contribution in [2.24, 2.45) is 0 Å². The molecule has 1 aromatic carbocycles. The molecule has 2 heterocycles. The third kappa shape index (κ3) is 4.89. The second-order valence-electron chi connectivity index (χ2n) is 9.63. The molecule has 194 valence electrons. The minimum atomic E-state index is -1.10. The molecule has 0 bridgehead atoms. The molecule has 2 N–H and O–H groups in total. The number of carbonyl (C=O) groups excluding carboxylic acids is 3. The molecular weight excluding hydrogens is 462 g/mol. The normalized spacial score (nSPS) is 19.7. The van der Waals surface area contributed by atoms with Crippen molar-refractivity contribution in [3.8, 4) is 11.5 Å². The van der Waals surface area contributed by atoms with E-state index in [1.165, 1.54) is 17.9 Å². The molecule has 4 rings (SSSR count). The highest BCUT2D eigenvalue weighted by Gasteiger charge is 2.48. The maximum absolute atomic E-state index is 13.6. The minimum Gasteiger partial charge on any atom is -0.497 e. The van der Waals surface area contributed by atoms with Gasteiger partial charge in [-0.2, -0.15) is 5.10 Å². The van der Waals surface area contributed by atoms with E-state index in [-0.39, 0.29) is 30.1 Å². The Bertz CT molecular complexity index is 1140. The van der Waals surface area contributed by atoms with Gasteiger partial charge in [-0.3, -0.25) is 19.1 Å². The van der Waals surface area contributed by atoms with E-state index in [0.717, 1.165) is 38.5 Å². The van der Waals surface area contributed by atoms with E-state index in [2.05, 4.69) is 15.7 Å². The van der Waals surface area contributed by atoms with Crippen molar-refractivity contribution in [2.75, 3.05) is 26.1 Å². The average Bonchev–Trinajstić information content (AvgIpc) is 3.54. The molecule has 1 aliphatic heterocycles. The lowest BCUT2D eigenvalue weighted by molar-refractivity contribution is -0.133. The molecule has 2 aliphatic rings. The van der Waals surface area contributed by atoms with Gasteiger partial charge in [0.1, 0.15) is 22.7 Å². The van der Waals surface area contributed by atoms with Gasteiger partial charge in [-0.25, -0.2) is 0 Å². The Kier molecular flexibility index (Phi) is 7.51. The number of benzene rings is 1. The highest BCUT2D eigenvalue weighted by atomic mass is 16.5. The second-order valence-corrected chi connectivity index (χ2v) is 9.63. The minimum absolute atomic E-state index is 0.0899. The lowest BCUT2D eigenvalue weighted by Gasteiger charge is -2.43. The first-order chi connectivity index (χ1) is 17.3. The molecule has 0 saturated heterocycles. The highest BCUT2D eigenvalue weighted by Crippen LogP contribution is 2.31. The third-order valence-electron chi connectivity index (χ3n) is 7.10. The summed E-state index contributed by atoms with van der Waals surface area (Å²) in [5, 5.41) is 10.4. The summed E-state index contributed by atoms with van der Waals surface area (Å²) in [6, 6.07) is 6.67. The molecule has 2 aromatic rings. The summed E-state index contributed by atoms with van der Waals surface area (Å²) in [6.45, 7) is 4.47. The summed E-state index contributed by atoms with van der Waals surface area (Å²) in [5.41, 5.74) is -0.261. The number of amides is 3. The van der Waals surface area contributed by atoms with Gasteiger partial charge < -0.3 is 25.0 Å². The van der Waals surface area contributed by atoms with Crippen LogP contribution in [-0.4, -0.2) is 64.7 Å². The third-order valence-corrected chi connectivity index (χ3v) is 7.10. The number of hydrogen-bond donors (Lipinski definition) is 2. The second kappa shape index (κ2) is 10.6. The van der Waals surface area contributed by atoms with Crippen LogP contribution < -0.4 is 20.1 Å². The van der Waals surface area contributed by atoms with E-state index in [9.17, 15) is 14.4 Å². The summed E-state index contributed by atoms with van der Waals surface area (Å²) in [6.07, 6.45) is 5.77. The van der Waals surface area contributed by atoms with Gasteiger partial charge in [-0.15, -0.1) is 0 Å². The Morgan fingerprint density at radius 1 is 1.17 bits per heavy atom. The number of fused-ring (bicyclic) bond motifs is 1. The number of carbonyl (C=O) groups is 3.